The van der Waals surface area contributed by atoms with Gasteiger partial charge in [0.1, 0.15) is 6.29 Å². The molecule has 1 N–H and O–H groups in total. The van der Waals surface area contributed by atoms with Gasteiger partial charge < -0.3 is 5.11 Å². The van der Waals surface area contributed by atoms with E-state index in [2.05, 4.69) is 32.9 Å². The van der Waals surface area contributed by atoms with Crippen molar-refractivity contribution in [2.24, 2.45) is 11.3 Å². The molecular weight excluding hydrogens is 224 g/mol. The molecule has 0 aliphatic heterocycles. The summed E-state index contributed by atoms with van der Waals surface area (Å²) in [5, 5.41) is 7.57. The van der Waals surface area contributed by atoms with Gasteiger partial charge in [0.2, 0.25) is 0 Å². The third-order valence-corrected chi connectivity index (χ3v) is 3.97. The molecule has 18 heavy (non-hydrogen) atoms. The Kier molecular flexibility index (Phi) is 7.85. The molecule has 0 amide bonds. The minimum absolute atomic E-state index is 0.250. The highest BCUT2D eigenvalue weighted by atomic mass is 16.2. The van der Waals surface area contributed by atoms with Crippen LogP contribution in [-0.2, 0) is 4.79 Å². The highest BCUT2D eigenvalue weighted by Gasteiger charge is 2.33. The van der Waals surface area contributed by atoms with E-state index < -0.39 is 0 Å². The molecule has 1 aliphatic rings. The minimum atomic E-state index is 0.250. The zero-order valence-electron chi connectivity index (χ0n) is 12.5. The Morgan fingerprint density at radius 2 is 2.06 bits per heavy atom. The third kappa shape index (κ3) is 4.77. The number of aliphatic hydroxyl groups is 1. The van der Waals surface area contributed by atoms with E-state index in [0.29, 0.717) is 11.3 Å². The Hall–Kier alpha value is -0.890. The van der Waals surface area contributed by atoms with Gasteiger partial charge in [-0.15, -0.1) is 0 Å². The molecule has 1 unspecified atom stereocenters. The molecule has 2 heteroatoms. The molecule has 0 spiro atoms. The molecular formula is C16H28O2. The normalized spacial score (nSPS) is 22.0. The van der Waals surface area contributed by atoms with E-state index in [1.165, 1.54) is 5.57 Å². The number of aliphatic hydroxyl groups excluding tert-OH is 1. The fourth-order valence-corrected chi connectivity index (χ4v) is 2.16. The fraction of sp³-hybridized carbons (Fsp3) is 0.688. The first-order valence-electron chi connectivity index (χ1n) is 6.86. The highest BCUT2D eigenvalue weighted by molar-refractivity contribution is 5.72. The molecule has 0 aromatic heterocycles. The average molecular weight is 252 g/mol. The highest BCUT2D eigenvalue weighted by Crippen LogP contribution is 2.44. The standard InChI is InChI=1S/C14H22O.C2H6O/c1-5-12(10-15)7-9-13-8-6-11(2)14(13,3)4;1-2-3/h6-7,10,13H,5,8-9H2,1-4H3;3H,2H2,1H3. The van der Waals surface area contributed by atoms with Crippen molar-refractivity contribution in [3.8, 4) is 0 Å². The van der Waals surface area contributed by atoms with Gasteiger partial charge >= 0.3 is 0 Å². The van der Waals surface area contributed by atoms with Crippen LogP contribution >= 0.6 is 0 Å². The molecule has 0 radical (unpaired) electrons. The van der Waals surface area contributed by atoms with Gasteiger partial charge in [0.25, 0.3) is 0 Å². The second-order valence-electron chi connectivity index (χ2n) is 5.34. The van der Waals surface area contributed by atoms with Crippen LogP contribution < -0.4 is 0 Å². The maximum Gasteiger partial charge on any atom is 0.145 e. The smallest absolute Gasteiger partial charge is 0.145 e. The predicted octanol–water partition coefficient (Wildman–Crippen LogP) is 3.90. The van der Waals surface area contributed by atoms with Gasteiger partial charge in [-0.2, -0.15) is 0 Å². The lowest BCUT2D eigenvalue weighted by Crippen LogP contribution is -2.19. The summed E-state index contributed by atoms with van der Waals surface area (Å²) in [6.45, 7) is 10.8. The Labute approximate surface area is 112 Å². The molecule has 0 aromatic carbocycles. The van der Waals surface area contributed by atoms with Crippen LogP contribution in [-0.4, -0.2) is 18.0 Å². The van der Waals surface area contributed by atoms with Crippen molar-refractivity contribution < 1.29 is 9.90 Å². The summed E-state index contributed by atoms with van der Waals surface area (Å²) in [4.78, 5) is 10.7. The number of aldehydes is 1. The molecule has 0 heterocycles. The average Bonchev–Trinajstić information content (AvgIpc) is 2.58. The Bertz CT molecular complexity index is 311. The molecule has 0 saturated carbocycles. The molecule has 0 aromatic rings. The van der Waals surface area contributed by atoms with E-state index in [1.54, 1.807) is 6.92 Å². The van der Waals surface area contributed by atoms with E-state index in [-0.39, 0.29) is 6.61 Å². The first kappa shape index (κ1) is 17.1. The summed E-state index contributed by atoms with van der Waals surface area (Å²) in [7, 11) is 0. The van der Waals surface area contributed by atoms with Crippen molar-refractivity contribution in [3.05, 3.63) is 23.3 Å². The van der Waals surface area contributed by atoms with E-state index in [0.717, 1.165) is 31.1 Å². The molecule has 0 bridgehead atoms. The van der Waals surface area contributed by atoms with Gasteiger partial charge in [0.05, 0.1) is 0 Å². The van der Waals surface area contributed by atoms with Crippen molar-refractivity contribution >= 4 is 6.29 Å². The number of carbonyl (C=O) groups excluding carboxylic acids is 1. The maximum absolute atomic E-state index is 10.7. The van der Waals surface area contributed by atoms with Crippen LogP contribution in [0.1, 0.15) is 53.9 Å². The molecule has 1 rings (SSSR count). The van der Waals surface area contributed by atoms with Gasteiger partial charge in [-0.1, -0.05) is 38.5 Å². The van der Waals surface area contributed by atoms with Crippen LogP contribution in [0.5, 0.6) is 0 Å². The summed E-state index contributed by atoms with van der Waals surface area (Å²) < 4.78 is 0. The van der Waals surface area contributed by atoms with Gasteiger partial charge in [-0.3, -0.25) is 4.79 Å². The van der Waals surface area contributed by atoms with Gasteiger partial charge in [-0.05, 0) is 50.0 Å². The predicted molar refractivity (Wildman–Crippen MR) is 77.5 cm³/mol. The summed E-state index contributed by atoms with van der Waals surface area (Å²) in [6.07, 6.45) is 8.48. The molecule has 1 atom stereocenters. The van der Waals surface area contributed by atoms with Crippen molar-refractivity contribution in [2.45, 2.75) is 53.9 Å². The Morgan fingerprint density at radius 3 is 2.39 bits per heavy atom. The second-order valence-corrected chi connectivity index (χ2v) is 5.34. The van der Waals surface area contributed by atoms with Crippen LogP contribution in [0, 0.1) is 11.3 Å². The lowest BCUT2D eigenvalue weighted by Gasteiger charge is -2.29. The maximum atomic E-state index is 10.7. The summed E-state index contributed by atoms with van der Waals surface area (Å²) in [5.41, 5.74) is 2.73. The monoisotopic (exact) mass is 252 g/mol. The number of hydrogen-bond donors (Lipinski definition) is 1. The Morgan fingerprint density at radius 1 is 1.50 bits per heavy atom. The van der Waals surface area contributed by atoms with Crippen molar-refractivity contribution in [1.29, 1.82) is 0 Å². The topological polar surface area (TPSA) is 37.3 Å². The van der Waals surface area contributed by atoms with Gasteiger partial charge in [0, 0.05) is 6.61 Å². The van der Waals surface area contributed by atoms with Crippen LogP contribution in [0.4, 0.5) is 0 Å². The van der Waals surface area contributed by atoms with Crippen molar-refractivity contribution in [3.63, 3.8) is 0 Å². The van der Waals surface area contributed by atoms with E-state index in [9.17, 15) is 4.79 Å². The summed E-state index contributed by atoms with van der Waals surface area (Å²) in [6, 6.07) is 0. The number of carbonyl (C=O) groups is 1. The first-order chi connectivity index (χ1) is 8.43. The minimum Gasteiger partial charge on any atom is -0.397 e. The third-order valence-electron chi connectivity index (χ3n) is 3.97. The number of hydrogen-bond acceptors (Lipinski definition) is 2. The van der Waals surface area contributed by atoms with Crippen LogP contribution in [0.3, 0.4) is 0 Å². The van der Waals surface area contributed by atoms with Crippen LogP contribution in [0.15, 0.2) is 23.3 Å². The second kappa shape index (κ2) is 8.25. The van der Waals surface area contributed by atoms with E-state index in [1.807, 2.05) is 6.92 Å². The fourth-order valence-electron chi connectivity index (χ4n) is 2.16. The zero-order valence-corrected chi connectivity index (χ0v) is 12.5. The Balaban J connectivity index is 0.000000873. The molecule has 104 valence electrons. The van der Waals surface area contributed by atoms with Crippen LogP contribution in [0.2, 0.25) is 0 Å². The largest absolute Gasteiger partial charge is 0.397 e. The van der Waals surface area contributed by atoms with E-state index >= 15 is 0 Å². The molecule has 1 aliphatic carbocycles. The molecule has 0 fully saturated rings. The van der Waals surface area contributed by atoms with Crippen molar-refractivity contribution in [1.82, 2.24) is 0 Å². The lowest BCUT2D eigenvalue weighted by molar-refractivity contribution is -0.105. The molecule has 2 nitrogen and oxygen atoms in total. The molecule has 0 saturated heterocycles. The zero-order chi connectivity index (χ0) is 14.2. The van der Waals surface area contributed by atoms with Crippen LogP contribution in [0.25, 0.3) is 0 Å². The van der Waals surface area contributed by atoms with Gasteiger partial charge in [0.15, 0.2) is 0 Å². The summed E-state index contributed by atoms with van der Waals surface area (Å²) >= 11 is 0. The first-order valence-corrected chi connectivity index (χ1v) is 6.86. The lowest BCUT2D eigenvalue weighted by atomic mass is 9.76. The van der Waals surface area contributed by atoms with Gasteiger partial charge in [-0.25, -0.2) is 0 Å². The number of rotatable bonds is 4. The quantitative estimate of drug-likeness (QED) is 0.468. The summed E-state index contributed by atoms with van der Waals surface area (Å²) in [5.74, 6) is 0.666. The number of allylic oxidation sites excluding steroid dienone is 4. The van der Waals surface area contributed by atoms with E-state index in [4.69, 9.17) is 5.11 Å². The van der Waals surface area contributed by atoms with Crippen molar-refractivity contribution in [2.75, 3.05) is 6.61 Å². The SMILES string of the molecule is CCC(C=O)=CCC1CC=C(C)C1(C)C.CCO.